The zero-order valence-electron chi connectivity index (χ0n) is 18.5. The van der Waals surface area contributed by atoms with Crippen LogP contribution in [0.1, 0.15) is 26.3 Å². The van der Waals surface area contributed by atoms with E-state index in [9.17, 15) is 9.59 Å². The molecule has 0 bridgehead atoms. The standard InChI is InChI=1S/C24H32N4O3.H2/c1-4-15-31-23(30)27-12-9-19(17-27)16-26-13-10-24(11-14-26)18-28(22(29)25(2)3)21-8-6-5-7-20(21)24;/h1,5-8,19H,9-18H2,2-3H3;1H/t19-;/m1./s1. The summed E-state index contributed by atoms with van der Waals surface area (Å²) in [6.45, 7) is 5.28. The Bertz CT molecular complexity index is 876. The van der Waals surface area contributed by atoms with Gasteiger partial charge in [-0.05, 0) is 49.9 Å². The number of likely N-dealkylation sites (tertiary alicyclic amines) is 2. The van der Waals surface area contributed by atoms with Crippen LogP contribution in [0.5, 0.6) is 0 Å². The van der Waals surface area contributed by atoms with Crippen molar-refractivity contribution in [2.75, 3.05) is 64.9 Å². The number of hydrogen-bond acceptors (Lipinski definition) is 4. The van der Waals surface area contributed by atoms with Crippen LogP contribution in [0.25, 0.3) is 0 Å². The number of urea groups is 1. The zero-order chi connectivity index (χ0) is 22.0. The van der Waals surface area contributed by atoms with Crippen LogP contribution in [-0.2, 0) is 10.2 Å². The van der Waals surface area contributed by atoms with Crippen LogP contribution in [0.15, 0.2) is 24.3 Å². The van der Waals surface area contributed by atoms with Gasteiger partial charge >= 0.3 is 12.1 Å². The number of para-hydroxylation sites is 1. The summed E-state index contributed by atoms with van der Waals surface area (Å²) in [5.74, 6) is 2.81. The number of hydrogen-bond donors (Lipinski definition) is 0. The molecule has 0 unspecified atom stereocenters. The average molecular weight is 427 g/mol. The van der Waals surface area contributed by atoms with Gasteiger partial charge in [-0.25, -0.2) is 9.59 Å². The maximum atomic E-state index is 12.8. The molecule has 2 fully saturated rings. The van der Waals surface area contributed by atoms with E-state index in [2.05, 4.69) is 29.0 Å². The Labute approximate surface area is 186 Å². The highest BCUT2D eigenvalue weighted by molar-refractivity contribution is 5.95. The smallest absolute Gasteiger partial charge is 0.410 e. The van der Waals surface area contributed by atoms with Crippen molar-refractivity contribution >= 4 is 17.8 Å². The maximum Gasteiger partial charge on any atom is 0.410 e. The molecule has 0 aromatic heterocycles. The quantitative estimate of drug-likeness (QED) is 0.698. The minimum atomic E-state index is -0.300. The molecule has 2 saturated heterocycles. The van der Waals surface area contributed by atoms with Crippen LogP contribution in [0.3, 0.4) is 0 Å². The molecular formula is C24H34N4O3. The Morgan fingerprint density at radius 3 is 2.71 bits per heavy atom. The van der Waals surface area contributed by atoms with Crippen LogP contribution in [0, 0.1) is 18.3 Å². The van der Waals surface area contributed by atoms with E-state index in [1.54, 1.807) is 9.80 Å². The minimum Gasteiger partial charge on any atom is -0.436 e. The molecule has 1 spiro atoms. The molecule has 3 amide bonds. The number of rotatable bonds is 3. The molecule has 7 heteroatoms. The summed E-state index contributed by atoms with van der Waals surface area (Å²) < 4.78 is 5.06. The molecule has 168 valence electrons. The summed E-state index contributed by atoms with van der Waals surface area (Å²) in [5, 5.41) is 0. The number of nitrogens with zero attached hydrogens (tertiary/aromatic N) is 4. The van der Waals surface area contributed by atoms with E-state index in [0.29, 0.717) is 5.92 Å². The highest BCUT2D eigenvalue weighted by Crippen LogP contribution is 2.47. The average Bonchev–Trinajstić information content (AvgIpc) is 3.37. The zero-order valence-corrected chi connectivity index (χ0v) is 18.5. The first-order valence-corrected chi connectivity index (χ1v) is 11.1. The normalized spacial score (nSPS) is 22.3. The first-order chi connectivity index (χ1) is 14.9. The lowest BCUT2D eigenvalue weighted by atomic mass is 9.74. The van der Waals surface area contributed by atoms with Crippen molar-refractivity contribution in [2.24, 2.45) is 5.92 Å². The van der Waals surface area contributed by atoms with Crippen molar-refractivity contribution in [2.45, 2.75) is 24.7 Å². The summed E-state index contributed by atoms with van der Waals surface area (Å²) in [6.07, 6.45) is 7.96. The van der Waals surface area contributed by atoms with Gasteiger partial charge in [0.15, 0.2) is 6.61 Å². The number of amides is 3. The third-order valence-electron chi connectivity index (χ3n) is 6.99. The predicted octanol–water partition coefficient (Wildman–Crippen LogP) is 2.86. The van der Waals surface area contributed by atoms with Crippen molar-refractivity contribution < 1.29 is 15.8 Å². The van der Waals surface area contributed by atoms with Gasteiger partial charge in [-0.1, -0.05) is 24.1 Å². The minimum absolute atomic E-state index is 0. The van der Waals surface area contributed by atoms with Gasteiger partial charge in [0.25, 0.3) is 0 Å². The first kappa shape index (κ1) is 21.5. The SMILES string of the molecule is C#CCOC(=O)N1CC[C@H](CN2CCC3(CC2)CN(C(=O)N(C)C)c2ccccc23)C1.[HH]. The van der Waals surface area contributed by atoms with E-state index in [4.69, 9.17) is 11.2 Å². The van der Waals surface area contributed by atoms with Gasteiger partial charge in [0, 0.05) is 52.8 Å². The monoisotopic (exact) mass is 426 g/mol. The Balaban J connectivity index is 0.00000289. The molecule has 0 aliphatic carbocycles. The van der Waals surface area contributed by atoms with Gasteiger partial charge in [0.05, 0.1) is 0 Å². The molecule has 0 N–H and O–H groups in total. The van der Waals surface area contributed by atoms with Crippen LogP contribution >= 0.6 is 0 Å². The number of carbonyl (C=O) groups is 2. The van der Waals surface area contributed by atoms with Crippen LogP contribution in [-0.4, -0.2) is 86.8 Å². The molecule has 3 aliphatic rings. The fourth-order valence-electron chi connectivity index (χ4n) is 5.34. The molecule has 1 aromatic carbocycles. The Hall–Kier alpha value is -2.72. The third-order valence-corrected chi connectivity index (χ3v) is 6.99. The lowest BCUT2D eigenvalue weighted by Crippen LogP contribution is -2.48. The molecule has 31 heavy (non-hydrogen) atoms. The molecule has 1 aromatic rings. The highest BCUT2D eigenvalue weighted by Gasteiger charge is 2.46. The van der Waals surface area contributed by atoms with E-state index >= 15 is 0 Å². The van der Waals surface area contributed by atoms with E-state index in [1.807, 2.05) is 25.1 Å². The van der Waals surface area contributed by atoms with E-state index in [0.717, 1.165) is 64.2 Å². The molecule has 0 saturated carbocycles. The van der Waals surface area contributed by atoms with E-state index in [-0.39, 0.29) is 25.6 Å². The number of anilines is 1. The highest BCUT2D eigenvalue weighted by atomic mass is 16.6. The van der Waals surface area contributed by atoms with Crippen molar-refractivity contribution in [3.63, 3.8) is 0 Å². The number of terminal acetylenes is 1. The Morgan fingerprint density at radius 2 is 2.00 bits per heavy atom. The Kier molecular flexibility index (Phi) is 6.10. The predicted molar refractivity (Wildman–Crippen MR) is 122 cm³/mol. The van der Waals surface area contributed by atoms with E-state index < -0.39 is 0 Å². The molecule has 3 heterocycles. The molecule has 7 nitrogen and oxygen atoms in total. The fourth-order valence-corrected chi connectivity index (χ4v) is 5.34. The topological polar surface area (TPSA) is 56.3 Å². The van der Waals surface area contributed by atoms with Gasteiger partial charge in [0.2, 0.25) is 0 Å². The molecule has 1 atom stereocenters. The van der Waals surface area contributed by atoms with Gasteiger partial charge < -0.3 is 19.4 Å². The lowest BCUT2D eigenvalue weighted by molar-refractivity contribution is 0.117. The molecule has 4 rings (SSSR count). The molecule has 0 radical (unpaired) electrons. The van der Waals surface area contributed by atoms with E-state index in [1.165, 1.54) is 5.56 Å². The van der Waals surface area contributed by atoms with Crippen molar-refractivity contribution in [3.8, 4) is 12.3 Å². The first-order valence-electron chi connectivity index (χ1n) is 11.1. The van der Waals surface area contributed by atoms with Gasteiger partial charge in [-0.15, -0.1) is 6.42 Å². The van der Waals surface area contributed by atoms with Gasteiger partial charge in [-0.2, -0.15) is 0 Å². The summed E-state index contributed by atoms with van der Waals surface area (Å²) in [5.41, 5.74) is 2.42. The largest absolute Gasteiger partial charge is 0.436 e. The van der Waals surface area contributed by atoms with Crippen LogP contribution < -0.4 is 4.90 Å². The maximum absolute atomic E-state index is 12.8. The number of benzene rings is 1. The van der Waals surface area contributed by atoms with Crippen molar-refractivity contribution in [1.82, 2.24) is 14.7 Å². The summed E-state index contributed by atoms with van der Waals surface area (Å²) in [6, 6.07) is 8.43. The second-order valence-electron chi connectivity index (χ2n) is 9.22. The molecule has 3 aliphatic heterocycles. The van der Waals surface area contributed by atoms with Gasteiger partial charge in [-0.3, -0.25) is 4.90 Å². The lowest BCUT2D eigenvalue weighted by Gasteiger charge is -2.40. The molecular weight excluding hydrogens is 392 g/mol. The second kappa shape index (κ2) is 8.80. The number of piperidine rings is 1. The van der Waals surface area contributed by atoms with Crippen LogP contribution in [0.4, 0.5) is 15.3 Å². The number of ether oxygens (including phenoxy) is 1. The second-order valence-corrected chi connectivity index (χ2v) is 9.22. The number of fused-ring (bicyclic) bond motifs is 2. The Morgan fingerprint density at radius 1 is 1.26 bits per heavy atom. The number of carbonyl (C=O) groups excluding carboxylic acids is 2. The summed E-state index contributed by atoms with van der Waals surface area (Å²) in [4.78, 5) is 32.7. The fraction of sp³-hybridized carbons (Fsp3) is 0.583. The van der Waals surface area contributed by atoms with Gasteiger partial charge in [0.1, 0.15) is 0 Å². The summed E-state index contributed by atoms with van der Waals surface area (Å²) in [7, 11) is 3.62. The third kappa shape index (κ3) is 4.22. The van der Waals surface area contributed by atoms with Crippen LogP contribution in [0.2, 0.25) is 0 Å². The van der Waals surface area contributed by atoms with Crippen molar-refractivity contribution in [3.05, 3.63) is 29.8 Å². The summed E-state index contributed by atoms with van der Waals surface area (Å²) >= 11 is 0. The van der Waals surface area contributed by atoms with Crippen molar-refractivity contribution in [1.29, 1.82) is 0 Å².